The Morgan fingerprint density at radius 2 is 2.43 bits per heavy atom. The summed E-state index contributed by atoms with van der Waals surface area (Å²) < 4.78 is 9.63. The quantitative estimate of drug-likeness (QED) is 0.478. The highest BCUT2D eigenvalue weighted by Gasteiger charge is 2.36. The van der Waals surface area contributed by atoms with Gasteiger partial charge in [0.2, 0.25) is 0 Å². The first-order chi connectivity index (χ1) is 10.2. The number of nitrogens with zero attached hydrogens (tertiary/aromatic N) is 1. The van der Waals surface area contributed by atoms with E-state index in [0.29, 0.717) is 5.92 Å². The Morgan fingerprint density at radius 1 is 1.62 bits per heavy atom. The third-order valence-electron chi connectivity index (χ3n) is 3.99. The molecular weight excluding hydrogens is 270 g/mol. The van der Waals surface area contributed by atoms with Gasteiger partial charge in [-0.25, -0.2) is 4.79 Å². The number of terminal acetylenes is 1. The molecular formula is C16H21NO4. The van der Waals surface area contributed by atoms with Crippen molar-refractivity contribution in [3.63, 3.8) is 0 Å². The summed E-state index contributed by atoms with van der Waals surface area (Å²) in [7, 11) is 0. The van der Waals surface area contributed by atoms with Gasteiger partial charge in [-0.2, -0.15) is 0 Å². The van der Waals surface area contributed by atoms with E-state index in [2.05, 4.69) is 29.7 Å². The summed E-state index contributed by atoms with van der Waals surface area (Å²) in [6.45, 7) is 1.62. The van der Waals surface area contributed by atoms with Crippen molar-refractivity contribution in [1.82, 2.24) is 4.90 Å². The molecule has 0 aromatic carbocycles. The van der Waals surface area contributed by atoms with Crippen LogP contribution >= 0.6 is 0 Å². The van der Waals surface area contributed by atoms with Gasteiger partial charge in [0.15, 0.2) is 6.79 Å². The topological polar surface area (TPSA) is 59.0 Å². The SMILES string of the molecule is C#CCN(C(=O)OCOCO)[C@@H]1CCC2=C1C(C)CC=C2. The molecule has 0 aromatic heterocycles. The number of hydrogen-bond acceptors (Lipinski definition) is 4. The Bertz CT molecular complexity index is 489. The molecule has 0 aromatic rings. The van der Waals surface area contributed by atoms with E-state index < -0.39 is 12.9 Å². The minimum absolute atomic E-state index is 0.00220. The monoisotopic (exact) mass is 291 g/mol. The molecule has 2 rings (SSSR count). The van der Waals surface area contributed by atoms with E-state index in [9.17, 15) is 4.79 Å². The van der Waals surface area contributed by atoms with Gasteiger partial charge in [-0.05, 0) is 36.3 Å². The molecule has 5 heteroatoms. The van der Waals surface area contributed by atoms with Crippen molar-refractivity contribution in [3.8, 4) is 12.3 Å². The maximum atomic E-state index is 12.2. The highest BCUT2D eigenvalue weighted by Crippen LogP contribution is 2.39. The predicted molar refractivity (Wildman–Crippen MR) is 78.0 cm³/mol. The minimum Gasteiger partial charge on any atom is -0.422 e. The van der Waals surface area contributed by atoms with E-state index in [-0.39, 0.29) is 19.4 Å². The number of hydrogen-bond donors (Lipinski definition) is 1. The van der Waals surface area contributed by atoms with Gasteiger partial charge in [-0.15, -0.1) is 6.42 Å². The van der Waals surface area contributed by atoms with Gasteiger partial charge < -0.3 is 14.6 Å². The molecule has 2 atom stereocenters. The fourth-order valence-electron chi connectivity index (χ4n) is 3.11. The van der Waals surface area contributed by atoms with Crippen molar-refractivity contribution in [2.24, 2.45) is 5.92 Å². The van der Waals surface area contributed by atoms with Crippen molar-refractivity contribution in [2.75, 3.05) is 20.1 Å². The second-order valence-electron chi connectivity index (χ2n) is 5.27. The summed E-state index contributed by atoms with van der Waals surface area (Å²) in [6, 6.07) is -0.00220. The van der Waals surface area contributed by atoms with Crippen LogP contribution in [-0.4, -0.2) is 42.3 Å². The Balaban J connectivity index is 2.11. The third kappa shape index (κ3) is 3.46. The minimum atomic E-state index is -0.498. The van der Waals surface area contributed by atoms with Crippen molar-refractivity contribution in [1.29, 1.82) is 0 Å². The summed E-state index contributed by atoms with van der Waals surface area (Å²) in [4.78, 5) is 13.8. The Kier molecular flexibility index (Phi) is 5.43. The van der Waals surface area contributed by atoms with Crippen LogP contribution in [0.3, 0.4) is 0 Å². The standard InChI is InChI=1S/C16H21NO4/c1-3-9-17(16(19)21-11-20-10-18)14-8-7-13-6-4-5-12(2)15(13)14/h1,4,6,12,14,18H,5,7-11H2,2H3/t12?,14-/m1/s1. The van der Waals surface area contributed by atoms with Gasteiger partial charge in [0.25, 0.3) is 0 Å². The first-order valence-corrected chi connectivity index (χ1v) is 7.14. The molecule has 21 heavy (non-hydrogen) atoms. The molecule has 2 aliphatic rings. The number of allylic oxidation sites excluding steroid dienone is 3. The van der Waals surface area contributed by atoms with E-state index in [1.54, 1.807) is 4.90 Å². The summed E-state index contributed by atoms with van der Waals surface area (Å²) in [5.74, 6) is 2.94. The van der Waals surface area contributed by atoms with E-state index >= 15 is 0 Å². The lowest BCUT2D eigenvalue weighted by Gasteiger charge is -2.31. The third-order valence-corrected chi connectivity index (χ3v) is 3.99. The van der Waals surface area contributed by atoms with Gasteiger partial charge in [0.1, 0.15) is 6.79 Å². The van der Waals surface area contributed by atoms with Crippen LogP contribution in [0.15, 0.2) is 23.3 Å². The molecule has 0 bridgehead atoms. The highest BCUT2D eigenvalue weighted by atomic mass is 16.7. The second kappa shape index (κ2) is 7.30. The number of rotatable bonds is 5. The first-order valence-electron chi connectivity index (χ1n) is 7.14. The molecule has 0 saturated carbocycles. The van der Waals surface area contributed by atoms with Gasteiger partial charge >= 0.3 is 6.09 Å². The summed E-state index contributed by atoms with van der Waals surface area (Å²) in [5.41, 5.74) is 2.62. The number of amides is 1. The summed E-state index contributed by atoms with van der Waals surface area (Å²) in [5, 5.41) is 8.55. The van der Waals surface area contributed by atoms with Crippen LogP contribution < -0.4 is 0 Å². The Labute approximate surface area is 125 Å². The molecule has 1 unspecified atom stereocenters. The largest absolute Gasteiger partial charge is 0.422 e. The number of aliphatic hydroxyl groups excluding tert-OH is 1. The van der Waals surface area contributed by atoms with E-state index in [1.807, 2.05) is 0 Å². The maximum absolute atomic E-state index is 12.2. The molecule has 5 nitrogen and oxygen atoms in total. The van der Waals surface area contributed by atoms with Crippen LogP contribution in [0.5, 0.6) is 0 Å². The van der Waals surface area contributed by atoms with Crippen LogP contribution in [0.2, 0.25) is 0 Å². The number of carbonyl (C=O) groups is 1. The Morgan fingerprint density at radius 3 is 3.14 bits per heavy atom. The van der Waals surface area contributed by atoms with Crippen molar-refractivity contribution in [3.05, 3.63) is 23.3 Å². The molecule has 1 amide bonds. The molecule has 2 aliphatic carbocycles. The molecule has 0 radical (unpaired) electrons. The van der Waals surface area contributed by atoms with E-state index in [0.717, 1.165) is 19.3 Å². The van der Waals surface area contributed by atoms with Crippen LogP contribution in [-0.2, 0) is 9.47 Å². The molecule has 0 spiro atoms. The van der Waals surface area contributed by atoms with Gasteiger partial charge in [0, 0.05) is 0 Å². The molecule has 0 fully saturated rings. The van der Waals surface area contributed by atoms with Crippen molar-refractivity contribution < 1.29 is 19.4 Å². The van der Waals surface area contributed by atoms with Crippen LogP contribution in [0.1, 0.15) is 26.2 Å². The van der Waals surface area contributed by atoms with Gasteiger partial charge in [0.05, 0.1) is 12.6 Å². The maximum Gasteiger partial charge on any atom is 0.413 e. The average Bonchev–Trinajstić information content (AvgIpc) is 2.90. The lowest BCUT2D eigenvalue weighted by atomic mass is 9.87. The normalized spacial score (nSPS) is 23.7. The molecule has 0 heterocycles. The smallest absolute Gasteiger partial charge is 0.413 e. The van der Waals surface area contributed by atoms with Crippen molar-refractivity contribution in [2.45, 2.75) is 32.2 Å². The molecule has 114 valence electrons. The predicted octanol–water partition coefficient (Wildman–Crippen LogP) is 2.04. The fourth-order valence-corrected chi connectivity index (χ4v) is 3.11. The van der Waals surface area contributed by atoms with Crippen LogP contribution in [0.4, 0.5) is 4.79 Å². The Hall–Kier alpha value is -1.77. The molecule has 0 saturated heterocycles. The van der Waals surface area contributed by atoms with Gasteiger partial charge in [-0.1, -0.05) is 25.0 Å². The number of aliphatic hydroxyl groups is 1. The number of carbonyl (C=O) groups excluding carboxylic acids is 1. The van der Waals surface area contributed by atoms with Crippen molar-refractivity contribution >= 4 is 6.09 Å². The van der Waals surface area contributed by atoms with Gasteiger partial charge in [-0.3, -0.25) is 4.90 Å². The van der Waals surface area contributed by atoms with Crippen LogP contribution in [0.25, 0.3) is 0 Å². The zero-order valence-electron chi connectivity index (χ0n) is 12.2. The first kappa shape index (κ1) is 15.6. The van der Waals surface area contributed by atoms with E-state index in [1.165, 1.54) is 11.1 Å². The lowest BCUT2D eigenvalue weighted by molar-refractivity contribution is -0.0871. The second-order valence-corrected chi connectivity index (χ2v) is 5.27. The fraction of sp³-hybridized carbons (Fsp3) is 0.562. The summed E-state index contributed by atoms with van der Waals surface area (Å²) >= 11 is 0. The zero-order valence-corrected chi connectivity index (χ0v) is 12.2. The lowest BCUT2D eigenvalue weighted by Crippen LogP contribution is -2.42. The zero-order chi connectivity index (χ0) is 15.2. The molecule has 1 N–H and O–H groups in total. The average molecular weight is 291 g/mol. The highest BCUT2D eigenvalue weighted by molar-refractivity contribution is 5.69. The number of ether oxygens (including phenoxy) is 2. The summed E-state index contributed by atoms with van der Waals surface area (Å²) in [6.07, 6.45) is 12.1. The molecule has 0 aliphatic heterocycles. The van der Waals surface area contributed by atoms with Crippen LogP contribution in [0, 0.1) is 18.3 Å². The van der Waals surface area contributed by atoms with E-state index in [4.69, 9.17) is 16.3 Å².